The Bertz CT molecular complexity index is 416. The molecule has 1 aliphatic rings. The van der Waals surface area contributed by atoms with Crippen molar-refractivity contribution in [2.24, 2.45) is 0 Å². The Kier molecular flexibility index (Phi) is 6.23. The van der Waals surface area contributed by atoms with Crippen LogP contribution in [0.15, 0.2) is 18.5 Å². The normalized spacial score (nSPS) is 21.9. The molecular weight excluding hydrogens is 274 g/mol. The van der Waals surface area contributed by atoms with E-state index in [1.165, 1.54) is 0 Å². The molecule has 0 saturated carbocycles. The highest BCUT2D eigenvalue weighted by molar-refractivity contribution is 6.31. The molecule has 0 spiro atoms. The van der Waals surface area contributed by atoms with Crippen LogP contribution >= 0.6 is 11.6 Å². The van der Waals surface area contributed by atoms with Crippen LogP contribution in [0.2, 0.25) is 5.02 Å². The summed E-state index contributed by atoms with van der Waals surface area (Å²) in [7, 11) is 2.14. The molecule has 0 aromatic carbocycles. The summed E-state index contributed by atoms with van der Waals surface area (Å²) >= 11 is 6.23. The molecule has 1 saturated heterocycles. The van der Waals surface area contributed by atoms with E-state index in [9.17, 15) is 0 Å². The van der Waals surface area contributed by atoms with Gasteiger partial charge in [0.15, 0.2) is 0 Å². The highest BCUT2D eigenvalue weighted by Gasteiger charge is 2.27. The minimum Gasteiger partial charge on any atom is -0.374 e. The van der Waals surface area contributed by atoms with Gasteiger partial charge in [-0.25, -0.2) is 0 Å². The van der Waals surface area contributed by atoms with Gasteiger partial charge in [0.2, 0.25) is 0 Å². The minimum atomic E-state index is 0.213. The average molecular weight is 298 g/mol. The summed E-state index contributed by atoms with van der Waals surface area (Å²) in [6, 6.07) is 2.28. The van der Waals surface area contributed by atoms with Gasteiger partial charge in [-0.2, -0.15) is 0 Å². The first kappa shape index (κ1) is 15.7. The molecular formula is C15H24ClN3O. The lowest BCUT2D eigenvalue weighted by atomic mass is 10.0. The zero-order chi connectivity index (χ0) is 14.4. The second kappa shape index (κ2) is 7.93. The summed E-state index contributed by atoms with van der Waals surface area (Å²) < 4.78 is 5.96. The van der Waals surface area contributed by atoms with Crippen molar-refractivity contribution in [2.75, 3.05) is 33.3 Å². The summed E-state index contributed by atoms with van der Waals surface area (Å²) in [5.41, 5.74) is 1.13. The van der Waals surface area contributed by atoms with E-state index in [1.807, 2.05) is 6.07 Å². The molecule has 1 aliphatic heterocycles. The van der Waals surface area contributed by atoms with Gasteiger partial charge in [0.05, 0.1) is 17.7 Å². The molecule has 1 fully saturated rings. The minimum absolute atomic E-state index is 0.213. The van der Waals surface area contributed by atoms with Crippen LogP contribution in [0, 0.1) is 0 Å². The smallest absolute Gasteiger partial charge is 0.0858 e. The largest absolute Gasteiger partial charge is 0.374 e. The van der Waals surface area contributed by atoms with Crippen LogP contribution in [-0.2, 0) is 11.2 Å². The Morgan fingerprint density at radius 1 is 1.60 bits per heavy atom. The number of nitrogens with one attached hydrogen (secondary N) is 1. The first-order valence-electron chi connectivity index (χ1n) is 7.32. The highest BCUT2D eigenvalue weighted by Crippen LogP contribution is 2.18. The van der Waals surface area contributed by atoms with Crippen LogP contribution in [0.5, 0.6) is 0 Å². The van der Waals surface area contributed by atoms with Crippen molar-refractivity contribution in [2.45, 2.75) is 31.9 Å². The molecule has 0 aliphatic carbocycles. The van der Waals surface area contributed by atoms with Gasteiger partial charge < -0.3 is 15.0 Å². The van der Waals surface area contributed by atoms with E-state index in [0.29, 0.717) is 0 Å². The van der Waals surface area contributed by atoms with Gasteiger partial charge in [0.25, 0.3) is 0 Å². The van der Waals surface area contributed by atoms with Crippen molar-refractivity contribution < 1.29 is 4.74 Å². The Labute approximate surface area is 126 Å². The first-order valence-corrected chi connectivity index (χ1v) is 7.70. The number of likely N-dealkylation sites (N-methyl/N-ethyl adjacent to an activating group) is 1. The maximum absolute atomic E-state index is 6.23. The lowest BCUT2D eigenvalue weighted by Gasteiger charge is -2.36. The van der Waals surface area contributed by atoms with Crippen molar-refractivity contribution in [3.05, 3.63) is 29.0 Å². The third-order valence-electron chi connectivity index (χ3n) is 3.70. The van der Waals surface area contributed by atoms with Gasteiger partial charge in [-0.05, 0) is 38.1 Å². The van der Waals surface area contributed by atoms with E-state index in [2.05, 4.69) is 29.2 Å². The molecule has 4 nitrogen and oxygen atoms in total. The van der Waals surface area contributed by atoms with E-state index in [0.717, 1.165) is 49.7 Å². The van der Waals surface area contributed by atoms with Gasteiger partial charge >= 0.3 is 0 Å². The van der Waals surface area contributed by atoms with Crippen LogP contribution in [-0.4, -0.2) is 55.3 Å². The molecule has 112 valence electrons. The number of pyridine rings is 1. The number of morpholine rings is 1. The van der Waals surface area contributed by atoms with Crippen LogP contribution in [0.4, 0.5) is 0 Å². The lowest BCUT2D eigenvalue weighted by molar-refractivity contribution is -0.0383. The molecule has 1 aromatic rings. The average Bonchev–Trinajstić information content (AvgIpc) is 2.45. The lowest BCUT2D eigenvalue weighted by Crippen LogP contribution is -2.52. The molecule has 2 heterocycles. The van der Waals surface area contributed by atoms with Gasteiger partial charge in [-0.15, -0.1) is 0 Å². The second-order valence-corrected chi connectivity index (χ2v) is 5.81. The van der Waals surface area contributed by atoms with Gasteiger partial charge in [-0.3, -0.25) is 4.98 Å². The standard InChI is InChI=1S/C15H24ClN3O/c1-3-5-18-14(15-11-19(2)7-8-20-15)9-12-4-6-17-10-13(12)16/h4,6,10,14-15,18H,3,5,7-9,11H2,1-2H3. The van der Waals surface area contributed by atoms with E-state index in [1.54, 1.807) is 12.4 Å². The number of nitrogens with zero attached hydrogens (tertiary/aromatic N) is 2. The maximum atomic E-state index is 6.23. The number of hydrogen-bond donors (Lipinski definition) is 1. The quantitative estimate of drug-likeness (QED) is 0.871. The molecule has 2 atom stereocenters. The number of ether oxygens (including phenoxy) is 1. The highest BCUT2D eigenvalue weighted by atomic mass is 35.5. The number of hydrogen-bond acceptors (Lipinski definition) is 4. The SMILES string of the molecule is CCCNC(Cc1ccncc1Cl)C1CN(C)CCO1. The molecule has 1 aromatic heterocycles. The van der Waals surface area contributed by atoms with Crippen molar-refractivity contribution in [1.29, 1.82) is 0 Å². The Hall–Kier alpha value is -0.680. The fraction of sp³-hybridized carbons (Fsp3) is 0.667. The third-order valence-corrected chi connectivity index (χ3v) is 4.04. The number of aromatic nitrogens is 1. The monoisotopic (exact) mass is 297 g/mol. The molecule has 2 rings (SSSR count). The van der Waals surface area contributed by atoms with Gasteiger partial charge in [0.1, 0.15) is 0 Å². The van der Waals surface area contributed by atoms with Crippen molar-refractivity contribution >= 4 is 11.6 Å². The van der Waals surface area contributed by atoms with Gasteiger partial charge in [-0.1, -0.05) is 18.5 Å². The molecule has 0 radical (unpaired) electrons. The summed E-state index contributed by atoms with van der Waals surface area (Å²) in [5.74, 6) is 0. The molecule has 20 heavy (non-hydrogen) atoms. The summed E-state index contributed by atoms with van der Waals surface area (Å²) in [6.07, 6.45) is 5.71. The van der Waals surface area contributed by atoms with Crippen LogP contribution in [0.25, 0.3) is 0 Å². The molecule has 0 bridgehead atoms. The van der Waals surface area contributed by atoms with E-state index in [4.69, 9.17) is 16.3 Å². The summed E-state index contributed by atoms with van der Waals surface area (Å²) in [4.78, 5) is 6.37. The Morgan fingerprint density at radius 3 is 3.15 bits per heavy atom. The predicted octanol–water partition coefficient (Wildman–Crippen LogP) is 1.98. The van der Waals surface area contributed by atoms with E-state index >= 15 is 0 Å². The topological polar surface area (TPSA) is 37.4 Å². The van der Waals surface area contributed by atoms with Crippen molar-refractivity contribution in [3.8, 4) is 0 Å². The van der Waals surface area contributed by atoms with Crippen LogP contribution in [0.3, 0.4) is 0 Å². The summed E-state index contributed by atoms with van der Waals surface area (Å²) in [5, 5.41) is 4.34. The summed E-state index contributed by atoms with van der Waals surface area (Å²) in [6.45, 7) is 5.95. The van der Waals surface area contributed by atoms with Crippen LogP contribution in [0.1, 0.15) is 18.9 Å². The van der Waals surface area contributed by atoms with Crippen molar-refractivity contribution in [1.82, 2.24) is 15.2 Å². The fourth-order valence-electron chi connectivity index (χ4n) is 2.53. The first-order chi connectivity index (χ1) is 9.70. The van der Waals surface area contributed by atoms with Crippen LogP contribution < -0.4 is 5.32 Å². The molecule has 1 N–H and O–H groups in total. The molecule has 5 heteroatoms. The zero-order valence-electron chi connectivity index (χ0n) is 12.3. The molecule has 0 amide bonds. The number of halogens is 1. The van der Waals surface area contributed by atoms with E-state index in [-0.39, 0.29) is 12.1 Å². The Morgan fingerprint density at radius 2 is 2.45 bits per heavy atom. The second-order valence-electron chi connectivity index (χ2n) is 5.40. The fourth-order valence-corrected chi connectivity index (χ4v) is 2.72. The van der Waals surface area contributed by atoms with E-state index < -0.39 is 0 Å². The Balaban J connectivity index is 2.04. The van der Waals surface area contributed by atoms with Crippen molar-refractivity contribution in [3.63, 3.8) is 0 Å². The zero-order valence-corrected chi connectivity index (χ0v) is 13.1. The van der Waals surface area contributed by atoms with Gasteiger partial charge in [0, 0.05) is 31.5 Å². The predicted molar refractivity (Wildman–Crippen MR) is 82.3 cm³/mol. The maximum Gasteiger partial charge on any atom is 0.0858 e. The third kappa shape index (κ3) is 4.42. The number of rotatable bonds is 6. The molecule has 2 unspecified atom stereocenters.